The molecule has 0 bridgehead atoms. The Balaban J connectivity index is 2.25. The number of nitrogens with two attached hydrogens (primary N) is 1. The van der Waals surface area contributed by atoms with Gasteiger partial charge in [-0.05, 0) is 26.7 Å². The van der Waals surface area contributed by atoms with Crippen LogP contribution in [0, 0.1) is 13.8 Å². The first-order valence-electron chi connectivity index (χ1n) is 5.89. The smallest absolute Gasteiger partial charge is 0.0946 e. The molecule has 16 heavy (non-hydrogen) atoms. The maximum absolute atomic E-state index is 6.03. The van der Waals surface area contributed by atoms with Gasteiger partial charge in [-0.1, -0.05) is 6.92 Å². The van der Waals surface area contributed by atoms with Gasteiger partial charge in [0.15, 0.2) is 0 Å². The summed E-state index contributed by atoms with van der Waals surface area (Å²) in [6, 6.07) is 0.168. The van der Waals surface area contributed by atoms with Crippen molar-refractivity contribution in [1.29, 1.82) is 0 Å². The van der Waals surface area contributed by atoms with E-state index in [1.54, 1.807) is 11.3 Å². The highest BCUT2D eigenvalue weighted by molar-refractivity contribution is 7.11. The number of nitrogens with zero attached hydrogens (tertiary/aromatic N) is 1. The van der Waals surface area contributed by atoms with Gasteiger partial charge in [-0.25, -0.2) is 4.98 Å². The predicted molar refractivity (Wildman–Crippen MR) is 69.0 cm³/mol. The van der Waals surface area contributed by atoms with Crippen LogP contribution in [-0.4, -0.2) is 24.2 Å². The Labute approximate surface area is 102 Å². The van der Waals surface area contributed by atoms with Crippen LogP contribution in [0.15, 0.2) is 0 Å². The summed E-state index contributed by atoms with van der Waals surface area (Å²) >= 11 is 1.75. The molecule has 0 aromatic carbocycles. The zero-order chi connectivity index (χ0) is 12.0. The zero-order valence-electron chi connectivity index (χ0n) is 10.5. The molecule has 0 saturated heterocycles. The van der Waals surface area contributed by atoms with E-state index in [0.717, 1.165) is 43.2 Å². The van der Waals surface area contributed by atoms with Gasteiger partial charge in [-0.3, -0.25) is 0 Å². The summed E-state index contributed by atoms with van der Waals surface area (Å²) in [7, 11) is 0. The summed E-state index contributed by atoms with van der Waals surface area (Å²) in [6.45, 7) is 7.86. The largest absolute Gasteiger partial charge is 0.381 e. The fourth-order valence-electron chi connectivity index (χ4n) is 1.43. The quantitative estimate of drug-likeness (QED) is 0.747. The van der Waals surface area contributed by atoms with Gasteiger partial charge in [0.2, 0.25) is 0 Å². The van der Waals surface area contributed by atoms with Crippen LogP contribution in [-0.2, 0) is 11.2 Å². The van der Waals surface area contributed by atoms with Crippen LogP contribution in [0.2, 0.25) is 0 Å². The van der Waals surface area contributed by atoms with E-state index in [1.165, 1.54) is 4.88 Å². The molecule has 0 aliphatic heterocycles. The first-order chi connectivity index (χ1) is 7.63. The molecule has 2 N–H and O–H groups in total. The molecule has 1 unspecified atom stereocenters. The number of aromatic nitrogens is 1. The Morgan fingerprint density at radius 2 is 2.12 bits per heavy atom. The summed E-state index contributed by atoms with van der Waals surface area (Å²) in [5.74, 6) is 0. The van der Waals surface area contributed by atoms with Crippen LogP contribution in [0.5, 0.6) is 0 Å². The molecule has 1 aromatic rings. The molecule has 1 atom stereocenters. The maximum Gasteiger partial charge on any atom is 0.0946 e. The SMILES string of the molecule is CCCOCCC(N)Cc1nc(C)c(C)s1. The van der Waals surface area contributed by atoms with Crippen LogP contribution in [0.1, 0.15) is 35.3 Å². The van der Waals surface area contributed by atoms with E-state index < -0.39 is 0 Å². The zero-order valence-corrected chi connectivity index (χ0v) is 11.3. The van der Waals surface area contributed by atoms with Crippen molar-refractivity contribution in [2.75, 3.05) is 13.2 Å². The van der Waals surface area contributed by atoms with Crippen LogP contribution >= 0.6 is 11.3 Å². The second-order valence-electron chi connectivity index (χ2n) is 4.11. The predicted octanol–water partition coefficient (Wildman–Crippen LogP) is 2.45. The van der Waals surface area contributed by atoms with Crippen molar-refractivity contribution in [1.82, 2.24) is 4.98 Å². The van der Waals surface area contributed by atoms with Gasteiger partial charge in [0.1, 0.15) is 0 Å². The van der Waals surface area contributed by atoms with Crippen LogP contribution in [0.3, 0.4) is 0 Å². The fourth-order valence-corrected chi connectivity index (χ4v) is 2.46. The van der Waals surface area contributed by atoms with Gasteiger partial charge in [-0.15, -0.1) is 11.3 Å². The van der Waals surface area contributed by atoms with Crippen molar-refractivity contribution >= 4 is 11.3 Å². The summed E-state index contributed by atoms with van der Waals surface area (Å²) in [4.78, 5) is 5.79. The lowest BCUT2D eigenvalue weighted by Gasteiger charge is -2.09. The topological polar surface area (TPSA) is 48.1 Å². The van der Waals surface area contributed by atoms with Crippen LogP contribution < -0.4 is 5.73 Å². The molecular formula is C12H22N2OS. The third-order valence-electron chi connectivity index (χ3n) is 2.49. The lowest BCUT2D eigenvalue weighted by molar-refractivity contribution is 0.127. The molecule has 0 spiro atoms. The van der Waals surface area contributed by atoms with Crippen LogP contribution in [0.25, 0.3) is 0 Å². The molecule has 1 heterocycles. The highest BCUT2D eigenvalue weighted by Crippen LogP contribution is 2.17. The molecule has 1 aromatic heterocycles. The summed E-state index contributed by atoms with van der Waals surface area (Å²) < 4.78 is 5.42. The number of ether oxygens (including phenoxy) is 1. The second-order valence-corrected chi connectivity index (χ2v) is 5.40. The molecule has 4 heteroatoms. The molecule has 1 rings (SSSR count). The Morgan fingerprint density at radius 1 is 1.38 bits per heavy atom. The van der Waals surface area contributed by atoms with Crippen molar-refractivity contribution in [3.63, 3.8) is 0 Å². The van der Waals surface area contributed by atoms with E-state index in [-0.39, 0.29) is 6.04 Å². The maximum atomic E-state index is 6.03. The van der Waals surface area contributed by atoms with Gasteiger partial charge in [0.05, 0.1) is 10.7 Å². The van der Waals surface area contributed by atoms with Crippen molar-refractivity contribution in [2.24, 2.45) is 5.73 Å². The third kappa shape index (κ3) is 4.60. The first kappa shape index (κ1) is 13.6. The molecule has 0 saturated carbocycles. The number of aryl methyl sites for hydroxylation is 2. The van der Waals surface area contributed by atoms with Crippen molar-refractivity contribution in [3.05, 3.63) is 15.6 Å². The van der Waals surface area contributed by atoms with Crippen molar-refractivity contribution in [3.8, 4) is 0 Å². The van der Waals surface area contributed by atoms with E-state index in [1.807, 2.05) is 6.92 Å². The van der Waals surface area contributed by atoms with E-state index >= 15 is 0 Å². The average molecular weight is 242 g/mol. The van der Waals surface area contributed by atoms with E-state index in [0.29, 0.717) is 0 Å². The molecule has 0 aliphatic rings. The molecule has 3 nitrogen and oxygen atoms in total. The Hall–Kier alpha value is -0.450. The lowest BCUT2D eigenvalue weighted by atomic mass is 10.2. The molecule has 0 radical (unpaired) electrons. The molecule has 92 valence electrons. The third-order valence-corrected chi connectivity index (χ3v) is 3.59. The van der Waals surface area contributed by atoms with E-state index in [2.05, 4.69) is 18.8 Å². The summed E-state index contributed by atoms with van der Waals surface area (Å²) in [5, 5.41) is 1.15. The van der Waals surface area contributed by atoms with Gasteiger partial charge in [0.25, 0.3) is 0 Å². The normalized spacial score (nSPS) is 13.0. The highest BCUT2D eigenvalue weighted by atomic mass is 32.1. The minimum Gasteiger partial charge on any atom is -0.381 e. The van der Waals surface area contributed by atoms with Crippen molar-refractivity contribution < 1.29 is 4.74 Å². The Kier molecular flexibility index (Phi) is 5.95. The minimum absolute atomic E-state index is 0.168. The molecule has 0 fully saturated rings. The number of rotatable bonds is 7. The molecule has 0 aliphatic carbocycles. The van der Waals surface area contributed by atoms with Gasteiger partial charge in [0, 0.05) is 30.6 Å². The number of hydrogen-bond acceptors (Lipinski definition) is 4. The number of thiazole rings is 1. The summed E-state index contributed by atoms with van der Waals surface area (Å²) in [5.41, 5.74) is 7.17. The Bertz CT molecular complexity index is 292. The first-order valence-corrected chi connectivity index (χ1v) is 6.71. The second kappa shape index (κ2) is 6.99. The van der Waals surface area contributed by atoms with Crippen molar-refractivity contribution in [2.45, 2.75) is 46.1 Å². The van der Waals surface area contributed by atoms with E-state index in [9.17, 15) is 0 Å². The standard InChI is InChI=1S/C12H22N2OS/c1-4-6-15-7-5-11(13)8-12-14-9(2)10(3)16-12/h11H,4-8,13H2,1-3H3. The lowest BCUT2D eigenvalue weighted by Crippen LogP contribution is -2.24. The fraction of sp³-hybridized carbons (Fsp3) is 0.750. The highest BCUT2D eigenvalue weighted by Gasteiger charge is 2.09. The average Bonchev–Trinajstić information content (AvgIpc) is 2.53. The molecular weight excluding hydrogens is 220 g/mol. The van der Waals surface area contributed by atoms with Gasteiger partial charge in [-0.2, -0.15) is 0 Å². The molecule has 0 amide bonds. The van der Waals surface area contributed by atoms with Crippen LogP contribution in [0.4, 0.5) is 0 Å². The number of hydrogen-bond donors (Lipinski definition) is 1. The minimum atomic E-state index is 0.168. The van der Waals surface area contributed by atoms with E-state index in [4.69, 9.17) is 10.5 Å². The monoisotopic (exact) mass is 242 g/mol. The Morgan fingerprint density at radius 3 is 2.69 bits per heavy atom. The summed E-state index contributed by atoms with van der Waals surface area (Å²) in [6.07, 6.45) is 2.85. The van der Waals surface area contributed by atoms with Gasteiger partial charge < -0.3 is 10.5 Å². The van der Waals surface area contributed by atoms with Gasteiger partial charge >= 0.3 is 0 Å².